The summed E-state index contributed by atoms with van der Waals surface area (Å²) in [6.45, 7) is 6.11. The molecule has 0 aliphatic heterocycles. The second-order valence-corrected chi connectivity index (χ2v) is 9.13. The number of ether oxygens (including phenoxy) is 2. The summed E-state index contributed by atoms with van der Waals surface area (Å²) in [5.74, 6) is 0.446. The fraction of sp³-hybridized carbons (Fsp3) is 0.280. The van der Waals surface area contributed by atoms with E-state index in [1.165, 1.54) is 0 Å². The first-order valence-electron chi connectivity index (χ1n) is 10.4. The van der Waals surface area contributed by atoms with Gasteiger partial charge in [0, 0.05) is 29.9 Å². The zero-order chi connectivity index (χ0) is 22.9. The Morgan fingerprint density at radius 3 is 2.53 bits per heavy atom. The Kier molecular flexibility index (Phi) is 5.98. The molecule has 0 fully saturated rings. The van der Waals surface area contributed by atoms with E-state index < -0.39 is 5.60 Å². The van der Waals surface area contributed by atoms with E-state index in [0.29, 0.717) is 11.6 Å². The van der Waals surface area contributed by atoms with Crippen LogP contribution in [0.25, 0.3) is 22.2 Å². The zero-order valence-corrected chi connectivity index (χ0v) is 19.4. The van der Waals surface area contributed by atoms with Gasteiger partial charge in [-0.25, -0.2) is 0 Å². The number of esters is 1. The fourth-order valence-electron chi connectivity index (χ4n) is 3.46. The molecule has 2 aromatic carbocycles. The van der Waals surface area contributed by atoms with Gasteiger partial charge in [0.25, 0.3) is 0 Å². The van der Waals surface area contributed by atoms with E-state index in [0.717, 1.165) is 33.6 Å². The van der Waals surface area contributed by atoms with Gasteiger partial charge in [0.05, 0.1) is 16.9 Å². The number of hydrogen-bond donors (Lipinski definition) is 0. The molecule has 0 saturated heterocycles. The van der Waals surface area contributed by atoms with Gasteiger partial charge < -0.3 is 14.0 Å². The molecule has 0 amide bonds. The molecule has 0 bridgehead atoms. The van der Waals surface area contributed by atoms with Crippen LogP contribution in [0, 0.1) is 0 Å². The quantitative estimate of drug-likeness (QED) is 0.357. The molecule has 2 heterocycles. The van der Waals surface area contributed by atoms with Crippen LogP contribution in [0.3, 0.4) is 0 Å². The number of carbonyl (C=O) groups is 1. The van der Waals surface area contributed by atoms with Crippen molar-refractivity contribution >= 4 is 28.5 Å². The molecule has 0 unspecified atom stereocenters. The van der Waals surface area contributed by atoms with Gasteiger partial charge in [0.1, 0.15) is 24.5 Å². The molecular formula is C25H26ClN3O3. The number of rotatable bonds is 6. The third-order valence-electron chi connectivity index (χ3n) is 4.97. The second kappa shape index (κ2) is 8.71. The minimum absolute atomic E-state index is 0.149. The van der Waals surface area contributed by atoms with Crippen molar-refractivity contribution in [2.24, 2.45) is 7.05 Å². The molecule has 2 aromatic heterocycles. The van der Waals surface area contributed by atoms with Crippen molar-refractivity contribution in [1.29, 1.82) is 0 Å². The molecule has 4 rings (SSSR count). The summed E-state index contributed by atoms with van der Waals surface area (Å²) in [4.78, 5) is 12.2. The smallest absolute Gasteiger partial charge is 0.326 e. The second-order valence-electron chi connectivity index (χ2n) is 8.69. The first-order chi connectivity index (χ1) is 15.2. The van der Waals surface area contributed by atoms with Crippen LogP contribution in [-0.2, 0) is 29.7 Å². The lowest BCUT2D eigenvalue weighted by atomic mass is 10.1. The number of hydrogen-bond acceptors (Lipinski definition) is 4. The van der Waals surface area contributed by atoms with Crippen molar-refractivity contribution in [3.05, 3.63) is 71.5 Å². The van der Waals surface area contributed by atoms with Gasteiger partial charge in [-0.15, -0.1) is 0 Å². The maximum Gasteiger partial charge on any atom is 0.326 e. The highest BCUT2D eigenvalue weighted by molar-refractivity contribution is 6.30. The van der Waals surface area contributed by atoms with Crippen LogP contribution in [0.1, 0.15) is 26.5 Å². The Labute approximate surface area is 192 Å². The molecule has 166 valence electrons. The van der Waals surface area contributed by atoms with Crippen molar-refractivity contribution in [3.8, 4) is 17.0 Å². The first-order valence-corrected chi connectivity index (χ1v) is 10.8. The largest absolute Gasteiger partial charge is 0.487 e. The standard InChI is InChI=1S/C25H26ClN3O3/c1-25(2,3)32-24(30)15-29-12-11-18-7-10-21(14-23(18)29)31-16-20-13-22(27-28(20)4)17-5-8-19(26)9-6-17/h5-14H,15-16H2,1-4H3. The maximum atomic E-state index is 12.2. The third-order valence-corrected chi connectivity index (χ3v) is 5.22. The molecule has 0 N–H and O–H groups in total. The maximum absolute atomic E-state index is 12.2. The van der Waals surface area contributed by atoms with Crippen LogP contribution < -0.4 is 4.74 Å². The number of nitrogens with zero attached hydrogens (tertiary/aromatic N) is 3. The van der Waals surface area contributed by atoms with Crippen molar-refractivity contribution in [2.45, 2.75) is 39.5 Å². The minimum atomic E-state index is -0.512. The van der Waals surface area contributed by atoms with E-state index in [4.69, 9.17) is 21.1 Å². The molecule has 4 aromatic rings. The Bertz CT molecular complexity index is 1250. The number of halogens is 1. The molecule has 6 nitrogen and oxygen atoms in total. The van der Waals surface area contributed by atoms with Gasteiger partial charge >= 0.3 is 5.97 Å². The lowest BCUT2D eigenvalue weighted by Crippen LogP contribution is -2.26. The summed E-state index contributed by atoms with van der Waals surface area (Å²) in [5.41, 5.74) is 3.21. The monoisotopic (exact) mass is 451 g/mol. The van der Waals surface area contributed by atoms with Crippen molar-refractivity contribution < 1.29 is 14.3 Å². The third kappa shape index (κ3) is 5.14. The minimum Gasteiger partial charge on any atom is -0.487 e. The topological polar surface area (TPSA) is 58.3 Å². The van der Waals surface area contributed by atoms with E-state index in [1.54, 1.807) is 0 Å². The first kappa shape index (κ1) is 22.0. The zero-order valence-electron chi connectivity index (χ0n) is 18.6. The van der Waals surface area contributed by atoms with Gasteiger partial charge in [0.2, 0.25) is 0 Å². The van der Waals surface area contributed by atoms with Crippen LogP contribution in [0.15, 0.2) is 60.8 Å². The lowest BCUT2D eigenvalue weighted by Gasteiger charge is -2.19. The van der Waals surface area contributed by atoms with E-state index in [1.807, 2.05) is 97.9 Å². The summed E-state index contributed by atoms with van der Waals surface area (Å²) < 4.78 is 15.2. The van der Waals surface area contributed by atoms with Gasteiger partial charge in [0.15, 0.2) is 0 Å². The number of aromatic nitrogens is 3. The Morgan fingerprint density at radius 2 is 1.81 bits per heavy atom. The highest BCUT2D eigenvalue weighted by Gasteiger charge is 2.17. The van der Waals surface area contributed by atoms with Gasteiger partial charge in [-0.05, 0) is 62.6 Å². The van der Waals surface area contributed by atoms with Gasteiger partial charge in [-0.1, -0.05) is 23.7 Å². The highest BCUT2D eigenvalue weighted by Crippen LogP contribution is 2.25. The molecule has 0 saturated carbocycles. The van der Waals surface area contributed by atoms with Crippen LogP contribution in [0.4, 0.5) is 0 Å². The number of carbonyl (C=O) groups excluding carboxylic acids is 1. The normalized spacial score (nSPS) is 11.7. The molecule has 0 radical (unpaired) electrons. The SMILES string of the molecule is Cn1nc(-c2ccc(Cl)cc2)cc1COc1ccc2ccn(CC(=O)OC(C)(C)C)c2c1. The summed E-state index contributed by atoms with van der Waals surface area (Å²) in [6, 6.07) is 17.4. The van der Waals surface area contributed by atoms with E-state index in [-0.39, 0.29) is 12.5 Å². The predicted octanol–water partition coefficient (Wildman–Crippen LogP) is 5.62. The van der Waals surface area contributed by atoms with E-state index in [9.17, 15) is 4.79 Å². The van der Waals surface area contributed by atoms with Crippen LogP contribution >= 0.6 is 11.6 Å². The van der Waals surface area contributed by atoms with E-state index >= 15 is 0 Å². The predicted molar refractivity (Wildman–Crippen MR) is 126 cm³/mol. The van der Waals surface area contributed by atoms with Crippen LogP contribution in [-0.4, -0.2) is 25.9 Å². The van der Waals surface area contributed by atoms with Gasteiger partial charge in [-0.2, -0.15) is 5.10 Å². The summed E-state index contributed by atoms with van der Waals surface area (Å²) in [6.07, 6.45) is 1.89. The van der Waals surface area contributed by atoms with Crippen molar-refractivity contribution in [1.82, 2.24) is 14.3 Å². The average molecular weight is 452 g/mol. The highest BCUT2D eigenvalue weighted by atomic mass is 35.5. The number of aryl methyl sites for hydroxylation is 1. The van der Waals surface area contributed by atoms with Crippen molar-refractivity contribution in [2.75, 3.05) is 0 Å². The van der Waals surface area contributed by atoms with Crippen LogP contribution in [0.5, 0.6) is 5.75 Å². The Hall–Kier alpha value is -3.25. The van der Waals surface area contributed by atoms with Crippen LogP contribution in [0.2, 0.25) is 5.02 Å². The fourth-order valence-corrected chi connectivity index (χ4v) is 3.59. The molecule has 0 spiro atoms. The molecule has 0 aliphatic carbocycles. The molecule has 7 heteroatoms. The summed E-state index contributed by atoms with van der Waals surface area (Å²) in [7, 11) is 1.90. The van der Waals surface area contributed by atoms with E-state index in [2.05, 4.69) is 5.10 Å². The molecule has 0 aliphatic rings. The number of benzene rings is 2. The lowest BCUT2D eigenvalue weighted by molar-refractivity contribution is -0.155. The van der Waals surface area contributed by atoms with Crippen molar-refractivity contribution in [3.63, 3.8) is 0 Å². The summed E-state index contributed by atoms with van der Waals surface area (Å²) in [5, 5.41) is 6.31. The van der Waals surface area contributed by atoms with Gasteiger partial charge in [-0.3, -0.25) is 9.48 Å². The average Bonchev–Trinajstić information content (AvgIpc) is 3.28. The Balaban J connectivity index is 1.48. The molecule has 32 heavy (non-hydrogen) atoms. The molecule has 0 atom stereocenters. The molecular weight excluding hydrogens is 426 g/mol. The number of fused-ring (bicyclic) bond motifs is 1. The Morgan fingerprint density at radius 1 is 1.06 bits per heavy atom. The summed E-state index contributed by atoms with van der Waals surface area (Å²) >= 11 is 5.98.